The number of carbonyl (C=O) groups is 1. The summed E-state index contributed by atoms with van der Waals surface area (Å²) in [4.78, 5) is 14.9. The van der Waals surface area contributed by atoms with Crippen molar-refractivity contribution >= 4 is 11.6 Å². The second-order valence-corrected chi connectivity index (χ2v) is 6.27. The quantitative estimate of drug-likeness (QED) is 0.793. The lowest BCUT2D eigenvalue weighted by molar-refractivity contribution is 0.0988. The zero-order valence-electron chi connectivity index (χ0n) is 14.4. The molecule has 0 fully saturated rings. The molecule has 5 heteroatoms. The van der Waals surface area contributed by atoms with Gasteiger partial charge in [0.1, 0.15) is 5.75 Å². The van der Waals surface area contributed by atoms with Gasteiger partial charge in [-0.25, -0.2) is 0 Å². The number of para-hydroxylation sites is 1. The standard InChI is InChI=1S/C20H19N3O2/c1-12-8-10-14(11-9-12)23-19(15-6-4-5-7-16(15)25-3)17-13(2)21-22-18(17)20(23)24/h4-11,19H,1-3H3,(H,21,22). The van der Waals surface area contributed by atoms with Crippen LogP contribution in [0.2, 0.25) is 0 Å². The van der Waals surface area contributed by atoms with Gasteiger partial charge < -0.3 is 4.74 Å². The molecule has 0 saturated carbocycles. The number of benzene rings is 2. The van der Waals surface area contributed by atoms with E-state index < -0.39 is 0 Å². The molecule has 0 bridgehead atoms. The van der Waals surface area contributed by atoms with Gasteiger partial charge in [-0.05, 0) is 32.0 Å². The topological polar surface area (TPSA) is 58.2 Å². The molecular formula is C20H19N3O2. The SMILES string of the molecule is COc1ccccc1C1c2c(n[nH]c2C)C(=O)N1c1ccc(C)cc1. The number of fused-ring (bicyclic) bond motifs is 1. The largest absolute Gasteiger partial charge is 0.496 e. The summed E-state index contributed by atoms with van der Waals surface area (Å²) < 4.78 is 5.56. The van der Waals surface area contributed by atoms with E-state index in [0.717, 1.165) is 33.8 Å². The first kappa shape index (κ1) is 15.4. The Hall–Kier alpha value is -3.08. The summed E-state index contributed by atoms with van der Waals surface area (Å²) in [5.74, 6) is 0.657. The van der Waals surface area contributed by atoms with Crippen molar-refractivity contribution in [1.29, 1.82) is 0 Å². The van der Waals surface area contributed by atoms with Gasteiger partial charge in [-0.15, -0.1) is 0 Å². The Balaban J connectivity index is 1.94. The molecule has 0 spiro atoms. The van der Waals surface area contributed by atoms with Crippen LogP contribution in [0.15, 0.2) is 48.5 Å². The number of hydrogen-bond acceptors (Lipinski definition) is 3. The highest BCUT2D eigenvalue weighted by molar-refractivity contribution is 6.10. The molecular weight excluding hydrogens is 314 g/mol. The van der Waals surface area contributed by atoms with Crippen LogP contribution in [-0.4, -0.2) is 23.2 Å². The molecule has 2 heterocycles. The summed E-state index contributed by atoms with van der Waals surface area (Å²) in [5.41, 5.74) is 5.24. The monoisotopic (exact) mass is 333 g/mol. The maximum Gasteiger partial charge on any atom is 0.280 e. The van der Waals surface area contributed by atoms with E-state index in [9.17, 15) is 4.79 Å². The van der Waals surface area contributed by atoms with Gasteiger partial charge in [0.05, 0.1) is 13.2 Å². The van der Waals surface area contributed by atoms with Crippen LogP contribution in [0.1, 0.15) is 38.9 Å². The average Bonchev–Trinajstić information content (AvgIpc) is 3.14. The predicted octanol–water partition coefficient (Wildman–Crippen LogP) is 3.78. The summed E-state index contributed by atoms with van der Waals surface area (Å²) in [6, 6.07) is 15.5. The predicted molar refractivity (Wildman–Crippen MR) is 96.2 cm³/mol. The minimum atomic E-state index is -0.264. The minimum Gasteiger partial charge on any atom is -0.496 e. The van der Waals surface area contributed by atoms with Gasteiger partial charge in [0.25, 0.3) is 5.91 Å². The molecule has 2 aromatic carbocycles. The van der Waals surface area contributed by atoms with E-state index >= 15 is 0 Å². The molecule has 1 atom stereocenters. The van der Waals surface area contributed by atoms with Crippen LogP contribution in [0.25, 0.3) is 0 Å². The first-order valence-electron chi connectivity index (χ1n) is 8.20. The first-order chi connectivity index (χ1) is 12.1. The number of aromatic nitrogens is 2. The van der Waals surface area contributed by atoms with Crippen LogP contribution < -0.4 is 9.64 Å². The number of nitrogens with one attached hydrogen (secondary N) is 1. The third-order valence-electron chi connectivity index (χ3n) is 4.69. The summed E-state index contributed by atoms with van der Waals surface area (Å²) in [6.45, 7) is 3.98. The van der Waals surface area contributed by atoms with Crippen molar-refractivity contribution in [2.75, 3.05) is 12.0 Å². The second kappa shape index (κ2) is 5.77. The molecule has 1 aliphatic heterocycles. The number of carbonyl (C=O) groups excluding carboxylic acids is 1. The maximum atomic E-state index is 13.1. The fourth-order valence-corrected chi connectivity index (χ4v) is 3.45. The van der Waals surface area contributed by atoms with Crippen LogP contribution in [0.3, 0.4) is 0 Å². The highest BCUT2D eigenvalue weighted by Gasteiger charge is 2.43. The number of anilines is 1. The smallest absolute Gasteiger partial charge is 0.280 e. The van der Waals surface area contributed by atoms with Crippen LogP contribution in [-0.2, 0) is 0 Å². The normalized spacial score (nSPS) is 16.2. The molecule has 1 aliphatic rings. The van der Waals surface area contributed by atoms with Gasteiger partial charge in [-0.1, -0.05) is 35.9 Å². The van der Waals surface area contributed by atoms with Gasteiger partial charge >= 0.3 is 0 Å². The van der Waals surface area contributed by atoms with E-state index in [-0.39, 0.29) is 11.9 Å². The van der Waals surface area contributed by atoms with Crippen molar-refractivity contribution in [2.24, 2.45) is 0 Å². The van der Waals surface area contributed by atoms with Gasteiger partial charge in [0.15, 0.2) is 5.69 Å². The Morgan fingerprint density at radius 1 is 1.08 bits per heavy atom. The van der Waals surface area contributed by atoms with Crippen molar-refractivity contribution in [1.82, 2.24) is 10.2 Å². The van der Waals surface area contributed by atoms with Crippen LogP contribution in [0.5, 0.6) is 5.75 Å². The third-order valence-corrected chi connectivity index (χ3v) is 4.69. The molecule has 0 radical (unpaired) electrons. The number of hydrogen-bond donors (Lipinski definition) is 1. The van der Waals surface area contributed by atoms with Crippen LogP contribution >= 0.6 is 0 Å². The molecule has 1 N–H and O–H groups in total. The Bertz CT molecular complexity index is 944. The third kappa shape index (κ3) is 2.31. The van der Waals surface area contributed by atoms with Crippen molar-refractivity contribution < 1.29 is 9.53 Å². The van der Waals surface area contributed by atoms with E-state index in [1.54, 1.807) is 12.0 Å². The number of ether oxygens (including phenoxy) is 1. The van der Waals surface area contributed by atoms with Gasteiger partial charge in [0.2, 0.25) is 0 Å². The molecule has 1 amide bonds. The summed E-state index contributed by atoms with van der Waals surface area (Å²) in [7, 11) is 1.65. The molecule has 1 unspecified atom stereocenters. The van der Waals surface area contributed by atoms with E-state index in [4.69, 9.17) is 4.74 Å². The number of methoxy groups -OCH3 is 1. The Labute approximate surface area is 146 Å². The highest BCUT2D eigenvalue weighted by Crippen LogP contribution is 2.44. The number of aromatic amines is 1. The number of H-pyrrole nitrogens is 1. The van der Waals surface area contributed by atoms with E-state index in [0.29, 0.717) is 5.69 Å². The second-order valence-electron chi connectivity index (χ2n) is 6.27. The molecule has 1 aromatic heterocycles. The first-order valence-corrected chi connectivity index (χ1v) is 8.20. The van der Waals surface area contributed by atoms with Crippen LogP contribution in [0.4, 0.5) is 5.69 Å². The minimum absolute atomic E-state index is 0.0980. The molecule has 5 nitrogen and oxygen atoms in total. The van der Waals surface area contributed by atoms with Gasteiger partial charge in [-0.2, -0.15) is 5.10 Å². The lowest BCUT2D eigenvalue weighted by Gasteiger charge is -2.27. The molecule has 0 saturated heterocycles. The molecule has 0 aliphatic carbocycles. The number of rotatable bonds is 3. The fourth-order valence-electron chi connectivity index (χ4n) is 3.45. The zero-order chi connectivity index (χ0) is 17.6. The van der Waals surface area contributed by atoms with Gasteiger partial charge in [0, 0.05) is 22.5 Å². The molecule has 126 valence electrons. The molecule has 25 heavy (non-hydrogen) atoms. The number of amides is 1. The van der Waals surface area contributed by atoms with E-state index in [1.807, 2.05) is 62.4 Å². The maximum absolute atomic E-state index is 13.1. The average molecular weight is 333 g/mol. The lowest BCUT2D eigenvalue weighted by atomic mass is 9.98. The van der Waals surface area contributed by atoms with Crippen LogP contribution in [0, 0.1) is 13.8 Å². The zero-order valence-corrected chi connectivity index (χ0v) is 14.4. The molecule has 3 aromatic rings. The fraction of sp³-hybridized carbons (Fsp3) is 0.200. The van der Waals surface area contributed by atoms with Crippen molar-refractivity contribution in [3.8, 4) is 5.75 Å². The van der Waals surface area contributed by atoms with Gasteiger partial charge in [-0.3, -0.25) is 14.8 Å². The summed E-state index contributed by atoms with van der Waals surface area (Å²) in [6.07, 6.45) is 0. The summed E-state index contributed by atoms with van der Waals surface area (Å²) in [5, 5.41) is 7.19. The Morgan fingerprint density at radius 2 is 1.80 bits per heavy atom. The van der Waals surface area contributed by atoms with Crippen molar-refractivity contribution in [2.45, 2.75) is 19.9 Å². The van der Waals surface area contributed by atoms with E-state index in [2.05, 4.69) is 10.2 Å². The van der Waals surface area contributed by atoms with E-state index in [1.165, 1.54) is 0 Å². The molecule has 4 rings (SSSR count). The highest BCUT2D eigenvalue weighted by atomic mass is 16.5. The van der Waals surface area contributed by atoms with Crippen molar-refractivity contribution in [3.63, 3.8) is 0 Å². The number of aryl methyl sites for hydroxylation is 2. The Kier molecular flexibility index (Phi) is 3.57. The number of nitrogens with zero attached hydrogens (tertiary/aromatic N) is 2. The summed E-state index contributed by atoms with van der Waals surface area (Å²) >= 11 is 0. The van der Waals surface area contributed by atoms with Crippen molar-refractivity contribution in [3.05, 3.63) is 76.6 Å². The lowest BCUT2D eigenvalue weighted by Crippen LogP contribution is -2.29. The Morgan fingerprint density at radius 3 is 2.52 bits per heavy atom.